The summed E-state index contributed by atoms with van der Waals surface area (Å²) in [6, 6.07) is 3.36. The van der Waals surface area contributed by atoms with Gasteiger partial charge in [-0.15, -0.1) is 0 Å². The summed E-state index contributed by atoms with van der Waals surface area (Å²) < 4.78 is 37.9. The number of halogens is 3. The molecule has 1 unspecified atom stereocenters. The van der Waals surface area contributed by atoms with Crippen molar-refractivity contribution in [2.24, 2.45) is 0 Å². The van der Waals surface area contributed by atoms with Gasteiger partial charge in [0, 0.05) is 30.5 Å². The topological polar surface area (TPSA) is 36.4 Å². The number of aliphatic hydroxyl groups is 1. The fourth-order valence-electron chi connectivity index (χ4n) is 1.97. The highest BCUT2D eigenvalue weighted by molar-refractivity contribution is 5.48. The van der Waals surface area contributed by atoms with E-state index in [4.69, 9.17) is 0 Å². The Bertz CT molecular complexity index is 421. The van der Waals surface area contributed by atoms with E-state index in [1.54, 1.807) is 25.3 Å². The summed E-state index contributed by atoms with van der Waals surface area (Å²) in [7, 11) is 0. The molecule has 0 spiro atoms. The van der Waals surface area contributed by atoms with Gasteiger partial charge in [-0.3, -0.25) is 4.98 Å². The molecule has 1 aliphatic heterocycles. The minimum Gasteiger partial charge on any atom is -0.379 e. The summed E-state index contributed by atoms with van der Waals surface area (Å²) in [6.07, 6.45) is -3.32. The van der Waals surface area contributed by atoms with Gasteiger partial charge in [-0.2, -0.15) is 13.2 Å². The van der Waals surface area contributed by atoms with E-state index in [-0.39, 0.29) is 13.0 Å². The van der Waals surface area contributed by atoms with Crippen molar-refractivity contribution in [3.8, 4) is 0 Å². The molecule has 2 rings (SSSR count). The van der Waals surface area contributed by atoms with Crippen LogP contribution in [0.15, 0.2) is 18.3 Å². The largest absolute Gasteiger partial charge is 0.418 e. The molecule has 6 heteroatoms. The van der Waals surface area contributed by atoms with Gasteiger partial charge in [0.05, 0.1) is 6.54 Å². The minimum atomic E-state index is -4.58. The molecule has 0 bridgehead atoms. The summed E-state index contributed by atoms with van der Waals surface area (Å²) in [4.78, 5) is 5.51. The molecular formula is C11H13F3N2O. The predicted molar refractivity (Wildman–Crippen MR) is 56.8 cm³/mol. The fourth-order valence-corrected chi connectivity index (χ4v) is 1.97. The van der Waals surface area contributed by atoms with Crippen LogP contribution >= 0.6 is 0 Å². The van der Waals surface area contributed by atoms with Crippen molar-refractivity contribution < 1.29 is 18.3 Å². The number of aryl methyl sites for hydroxylation is 1. The molecule has 1 aromatic heterocycles. The highest BCUT2D eigenvalue weighted by Gasteiger charge is 2.57. The molecule has 1 atom stereocenters. The van der Waals surface area contributed by atoms with Crippen molar-refractivity contribution in [3.05, 3.63) is 24.0 Å². The maximum absolute atomic E-state index is 12.6. The normalized spacial score (nSPS) is 25.4. The van der Waals surface area contributed by atoms with Crippen molar-refractivity contribution in [1.29, 1.82) is 0 Å². The number of aromatic nitrogens is 1. The Kier molecular flexibility index (Phi) is 2.77. The van der Waals surface area contributed by atoms with E-state index in [1.165, 1.54) is 4.90 Å². The summed E-state index contributed by atoms with van der Waals surface area (Å²) in [5, 5.41) is 9.55. The Morgan fingerprint density at radius 1 is 1.47 bits per heavy atom. The van der Waals surface area contributed by atoms with E-state index in [0.29, 0.717) is 5.69 Å². The van der Waals surface area contributed by atoms with Gasteiger partial charge in [-0.1, -0.05) is 0 Å². The first-order valence-corrected chi connectivity index (χ1v) is 5.28. The van der Waals surface area contributed by atoms with E-state index < -0.39 is 18.3 Å². The number of alkyl halides is 3. The van der Waals surface area contributed by atoms with Crippen LogP contribution < -0.4 is 4.90 Å². The molecule has 0 saturated carbocycles. The number of hydrogen-bond donors (Lipinski definition) is 1. The highest BCUT2D eigenvalue weighted by atomic mass is 19.4. The predicted octanol–water partition coefficient (Wildman–Crippen LogP) is 1.89. The molecule has 3 nitrogen and oxygen atoms in total. The lowest BCUT2D eigenvalue weighted by Gasteiger charge is -2.26. The molecule has 1 N–H and O–H groups in total. The maximum atomic E-state index is 12.6. The van der Waals surface area contributed by atoms with Gasteiger partial charge >= 0.3 is 6.18 Å². The molecule has 1 aliphatic rings. The van der Waals surface area contributed by atoms with Crippen molar-refractivity contribution in [2.45, 2.75) is 25.1 Å². The van der Waals surface area contributed by atoms with Gasteiger partial charge in [0.2, 0.25) is 0 Å². The molecule has 0 aromatic carbocycles. The second-order valence-corrected chi connectivity index (χ2v) is 4.36. The van der Waals surface area contributed by atoms with Crippen LogP contribution in [0.3, 0.4) is 0 Å². The van der Waals surface area contributed by atoms with Crippen molar-refractivity contribution in [1.82, 2.24) is 4.98 Å². The summed E-state index contributed by atoms with van der Waals surface area (Å²) in [5.41, 5.74) is -1.19. The molecule has 1 saturated heterocycles. The second-order valence-electron chi connectivity index (χ2n) is 4.36. The number of β-amino-alcohol motifs (C(OH)–C–C–N with tert-alkyl or cyclic N) is 1. The van der Waals surface area contributed by atoms with E-state index in [9.17, 15) is 18.3 Å². The lowest BCUT2D eigenvalue weighted by Crippen LogP contribution is -2.47. The first-order valence-electron chi connectivity index (χ1n) is 5.28. The zero-order valence-electron chi connectivity index (χ0n) is 9.33. The van der Waals surface area contributed by atoms with E-state index in [0.717, 1.165) is 5.69 Å². The Hall–Kier alpha value is -1.30. The molecule has 0 aliphatic carbocycles. The first kappa shape index (κ1) is 12.2. The zero-order chi connectivity index (χ0) is 12.7. The Morgan fingerprint density at radius 2 is 2.18 bits per heavy atom. The standard InChI is InChI=1S/C11H13F3N2O/c1-8-6-9(2-4-15-8)16-5-3-10(17,7-16)11(12,13)14/h2,4,6,17H,3,5,7H2,1H3. The van der Waals surface area contributed by atoms with Crippen LogP contribution in [0.2, 0.25) is 0 Å². The molecule has 1 fully saturated rings. The fraction of sp³-hybridized carbons (Fsp3) is 0.545. The van der Waals surface area contributed by atoms with Gasteiger partial charge in [0.15, 0.2) is 5.60 Å². The molecule has 0 amide bonds. The zero-order valence-corrected chi connectivity index (χ0v) is 9.33. The van der Waals surface area contributed by atoms with Crippen molar-refractivity contribution in [3.63, 3.8) is 0 Å². The highest BCUT2D eigenvalue weighted by Crippen LogP contribution is 2.39. The first-order chi connectivity index (χ1) is 7.82. The van der Waals surface area contributed by atoms with E-state index in [2.05, 4.69) is 4.98 Å². The quantitative estimate of drug-likeness (QED) is 0.822. The van der Waals surface area contributed by atoms with Crippen LogP contribution in [0.5, 0.6) is 0 Å². The molecule has 2 heterocycles. The van der Waals surface area contributed by atoms with Crippen LogP contribution in [-0.2, 0) is 0 Å². The Balaban J connectivity index is 2.18. The third-order valence-electron chi connectivity index (χ3n) is 3.02. The molecule has 17 heavy (non-hydrogen) atoms. The van der Waals surface area contributed by atoms with Gasteiger partial charge in [0.25, 0.3) is 0 Å². The number of pyridine rings is 1. The average Bonchev–Trinajstić information content (AvgIpc) is 2.61. The van der Waals surface area contributed by atoms with Crippen LogP contribution in [0.1, 0.15) is 12.1 Å². The Labute approximate surface area is 96.9 Å². The summed E-state index contributed by atoms with van der Waals surface area (Å²) >= 11 is 0. The van der Waals surface area contributed by atoms with Gasteiger partial charge in [-0.25, -0.2) is 0 Å². The number of nitrogens with zero attached hydrogens (tertiary/aromatic N) is 2. The number of anilines is 1. The average molecular weight is 246 g/mol. The van der Waals surface area contributed by atoms with E-state index >= 15 is 0 Å². The van der Waals surface area contributed by atoms with Gasteiger partial charge < -0.3 is 10.0 Å². The number of hydrogen-bond acceptors (Lipinski definition) is 3. The van der Waals surface area contributed by atoms with Gasteiger partial charge in [-0.05, 0) is 19.1 Å². The lowest BCUT2D eigenvalue weighted by atomic mass is 10.0. The smallest absolute Gasteiger partial charge is 0.379 e. The molecule has 0 radical (unpaired) electrons. The molecule has 94 valence electrons. The lowest BCUT2D eigenvalue weighted by molar-refractivity contribution is -0.250. The van der Waals surface area contributed by atoms with Crippen LogP contribution in [0, 0.1) is 6.92 Å². The van der Waals surface area contributed by atoms with Crippen LogP contribution in [0.25, 0.3) is 0 Å². The number of rotatable bonds is 1. The molecular weight excluding hydrogens is 233 g/mol. The van der Waals surface area contributed by atoms with Gasteiger partial charge in [0.1, 0.15) is 0 Å². The third-order valence-corrected chi connectivity index (χ3v) is 3.02. The summed E-state index contributed by atoms with van der Waals surface area (Å²) in [5.74, 6) is 0. The van der Waals surface area contributed by atoms with Crippen molar-refractivity contribution in [2.75, 3.05) is 18.0 Å². The monoisotopic (exact) mass is 246 g/mol. The molecule has 1 aromatic rings. The minimum absolute atomic E-state index is 0.194. The maximum Gasteiger partial charge on any atom is 0.418 e. The third kappa shape index (κ3) is 2.22. The van der Waals surface area contributed by atoms with E-state index in [1.807, 2.05) is 0 Å². The second kappa shape index (κ2) is 3.87. The van der Waals surface area contributed by atoms with Crippen LogP contribution in [0.4, 0.5) is 18.9 Å². The van der Waals surface area contributed by atoms with Crippen LogP contribution in [-0.4, -0.2) is 35.0 Å². The SMILES string of the molecule is Cc1cc(N2CCC(O)(C(F)(F)F)C2)ccn1. The van der Waals surface area contributed by atoms with Crippen molar-refractivity contribution >= 4 is 5.69 Å². The Morgan fingerprint density at radius 3 is 2.71 bits per heavy atom. The summed E-state index contributed by atoms with van der Waals surface area (Å²) in [6.45, 7) is 1.55.